The van der Waals surface area contributed by atoms with Gasteiger partial charge < -0.3 is 19.5 Å². The van der Waals surface area contributed by atoms with E-state index in [1.807, 2.05) is 60.0 Å². The van der Waals surface area contributed by atoms with Gasteiger partial charge in [0.25, 0.3) is 0 Å². The molecule has 3 aromatic rings. The van der Waals surface area contributed by atoms with Gasteiger partial charge in [0.2, 0.25) is 5.91 Å². The second kappa shape index (κ2) is 10.5. The van der Waals surface area contributed by atoms with Crippen molar-refractivity contribution in [2.45, 2.75) is 12.1 Å². The van der Waals surface area contributed by atoms with Crippen LogP contribution in [0, 0.1) is 6.92 Å². The summed E-state index contributed by atoms with van der Waals surface area (Å²) in [5, 5.41) is 11.8. The maximum atomic E-state index is 12.2. The van der Waals surface area contributed by atoms with E-state index in [2.05, 4.69) is 15.5 Å². The second-order valence-corrected chi connectivity index (χ2v) is 7.14. The Morgan fingerprint density at radius 3 is 2.47 bits per heavy atom. The maximum absolute atomic E-state index is 12.2. The summed E-state index contributed by atoms with van der Waals surface area (Å²) >= 11 is 1.33. The molecular formula is C21H24N4O4S. The number of benzene rings is 2. The molecule has 30 heavy (non-hydrogen) atoms. The number of hydrogen-bond acceptors (Lipinski definition) is 7. The fourth-order valence-electron chi connectivity index (χ4n) is 2.74. The topological polar surface area (TPSA) is 87.5 Å². The molecule has 2 aromatic carbocycles. The van der Waals surface area contributed by atoms with Gasteiger partial charge in [-0.2, -0.15) is 0 Å². The number of carbonyl (C=O) groups excluding carboxylic acids is 1. The Morgan fingerprint density at radius 1 is 1.03 bits per heavy atom. The van der Waals surface area contributed by atoms with Gasteiger partial charge in [0.05, 0.1) is 26.5 Å². The number of nitrogens with zero attached hydrogens (tertiary/aromatic N) is 3. The molecule has 3 rings (SSSR count). The molecule has 0 saturated heterocycles. The molecule has 0 spiro atoms. The van der Waals surface area contributed by atoms with Crippen LogP contribution >= 0.6 is 11.8 Å². The first-order valence-corrected chi connectivity index (χ1v) is 10.3. The van der Waals surface area contributed by atoms with Crippen LogP contribution in [0.5, 0.6) is 17.2 Å². The molecular weight excluding hydrogens is 404 g/mol. The number of carbonyl (C=O) groups is 1. The fourth-order valence-corrected chi connectivity index (χ4v) is 3.56. The molecule has 0 aliphatic heterocycles. The number of thioether (sulfide) groups is 1. The molecule has 1 N–H and O–H groups in total. The second-order valence-electron chi connectivity index (χ2n) is 6.20. The molecule has 9 heteroatoms. The Kier molecular flexibility index (Phi) is 7.56. The molecule has 8 nitrogen and oxygen atoms in total. The van der Waals surface area contributed by atoms with E-state index in [-0.39, 0.29) is 11.7 Å². The molecule has 158 valence electrons. The third-order valence-corrected chi connectivity index (χ3v) is 5.14. The highest BCUT2D eigenvalue weighted by Crippen LogP contribution is 2.25. The molecule has 0 radical (unpaired) electrons. The van der Waals surface area contributed by atoms with Crippen molar-refractivity contribution in [1.82, 2.24) is 20.1 Å². The first-order valence-electron chi connectivity index (χ1n) is 9.34. The van der Waals surface area contributed by atoms with Crippen LogP contribution in [0.25, 0.3) is 5.69 Å². The Morgan fingerprint density at radius 2 is 1.77 bits per heavy atom. The Labute approximate surface area is 179 Å². The van der Waals surface area contributed by atoms with Crippen LogP contribution < -0.4 is 19.5 Å². The van der Waals surface area contributed by atoms with Gasteiger partial charge in [0.1, 0.15) is 18.2 Å². The van der Waals surface area contributed by atoms with Crippen molar-refractivity contribution in [1.29, 1.82) is 0 Å². The summed E-state index contributed by atoms with van der Waals surface area (Å²) in [6.07, 6.45) is 0. The largest absolute Gasteiger partial charge is 0.497 e. The molecule has 0 bridgehead atoms. The number of amides is 1. The minimum atomic E-state index is -0.106. The molecule has 0 aliphatic rings. The predicted octanol–water partition coefficient (Wildman–Crippen LogP) is 2.88. The molecule has 0 saturated carbocycles. The number of methoxy groups -OCH3 is 2. The summed E-state index contributed by atoms with van der Waals surface area (Å²) in [6.45, 7) is 2.61. The third kappa shape index (κ3) is 5.44. The third-order valence-electron chi connectivity index (χ3n) is 4.21. The van der Waals surface area contributed by atoms with E-state index in [9.17, 15) is 4.79 Å². The van der Waals surface area contributed by atoms with Gasteiger partial charge in [0, 0.05) is 5.69 Å². The lowest BCUT2D eigenvalue weighted by Crippen LogP contribution is -2.29. The molecule has 1 amide bonds. The van der Waals surface area contributed by atoms with Crippen molar-refractivity contribution in [3.8, 4) is 22.9 Å². The molecule has 1 aromatic heterocycles. The van der Waals surface area contributed by atoms with Gasteiger partial charge in [-0.15, -0.1) is 10.2 Å². The van der Waals surface area contributed by atoms with Gasteiger partial charge in [-0.05, 0) is 43.3 Å². The number of nitrogens with one attached hydrogen (secondary N) is 1. The van der Waals surface area contributed by atoms with Crippen molar-refractivity contribution in [2.24, 2.45) is 0 Å². The van der Waals surface area contributed by atoms with Gasteiger partial charge in [-0.3, -0.25) is 9.36 Å². The number of aromatic nitrogens is 3. The van der Waals surface area contributed by atoms with Gasteiger partial charge in [-0.1, -0.05) is 23.9 Å². The monoisotopic (exact) mass is 428 g/mol. The average molecular weight is 429 g/mol. The normalized spacial score (nSPS) is 10.5. The molecule has 0 unspecified atom stereocenters. The zero-order valence-electron chi connectivity index (χ0n) is 17.1. The maximum Gasteiger partial charge on any atom is 0.230 e. The van der Waals surface area contributed by atoms with Crippen molar-refractivity contribution in [2.75, 3.05) is 33.1 Å². The highest BCUT2D eigenvalue weighted by Gasteiger charge is 2.13. The minimum absolute atomic E-state index is 0.106. The van der Waals surface area contributed by atoms with Crippen molar-refractivity contribution in [3.63, 3.8) is 0 Å². The van der Waals surface area contributed by atoms with E-state index in [1.54, 1.807) is 14.2 Å². The van der Waals surface area contributed by atoms with E-state index >= 15 is 0 Å². The van der Waals surface area contributed by atoms with E-state index in [1.165, 1.54) is 11.8 Å². The number of aryl methyl sites for hydroxylation is 1. The van der Waals surface area contributed by atoms with E-state index < -0.39 is 0 Å². The zero-order chi connectivity index (χ0) is 21.3. The van der Waals surface area contributed by atoms with Gasteiger partial charge in [0.15, 0.2) is 16.7 Å². The summed E-state index contributed by atoms with van der Waals surface area (Å²) in [4.78, 5) is 12.2. The van der Waals surface area contributed by atoms with E-state index in [4.69, 9.17) is 14.2 Å². The Hall–Kier alpha value is -3.20. The highest BCUT2D eigenvalue weighted by atomic mass is 32.2. The lowest BCUT2D eigenvalue weighted by atomic mass is 10.3. The summed E-state index contributed by atoms with van der Waals surface area (Å²) in [5.74, 6) is 2.94. The molecule has 1 heterocycles. The number of hydrogen-bond donors (Lipinski definition) is 1. The van der Waals surface area contributed by atoms with Crippen LogP contribution in [0.2, 0.25) is 0 Å². The molecule has 0 atom stereocenters. The summed E-state index contributed by atoms with van der Waals surface area (Å²) in [5.41, 5.74) is 0.909. The van der Waals surface area contributed by atoms with Crippen molar-refractivity contribution >= 4 is 17.7 Å². The van der Waals surface area contributed by atoms with Gasteiger partial charge in [-0.25, -0.2) is 0 Å². The standard InChI is InChI=1S/C21H24N4O4S/c1-15-23-24-21(25(15)16-8-10-17(27-2)11-9-16)30-14-20(26)22-12-13-29-19-7-5-4-6-18(19)28-3/h4-11H,12-14H2,1-3H3,(H,22,26). The average Bonchev–Trinajstić information content (AvgIpc) is 3.15. The lowest BCUT2D eigenvalue weighted by Gasteiger charge is -2.11. The highest BCUT2D eigenvalue weighted by molar-refractivity contribution is 7.99. The van der Waals surface area contributed by atoms with Crippen molar-refractivity contribution in [3.05, 3.63) is 54.4 Å². The fraction of sp³-hybridized carbons (Fsp3) is 0.286. The van der Waals surface area contributed by atoms with Crippen LogP contribution in [-0.4, -0.2) is 53.8 Å². The van der Waals surface area contributed by atoms with Crippen LogP contribution in [-0.2, 0) is 4.79 Å². The first kappa shape index (κ1) is 21.5. The SMILES string of the molecule is COc1ccc(-n2c(C)nnc2SCC(=O)NCCOc2ccccc2OC)cc1. The minimum Gasteiger partial charge on any atom is -0.497 e. The first-order chi connectivity index (χ1) is 14.6. The smallest absolute Gasteiger partial charge is 0.230 e. The predicted molar refractivity (Wildman–Crippen MR) is 115 cm³/mol. The number of para-hydroxylation sites is 2. The van der Waals surface area contributed by atoms with Crippen LogP contribution in [0.1, 0.15) is 5.82 Å². The van der Waals surface area contributed by atoms with E-state index in [0.29, 0.717) is 29.8 Å². The Balaban J connectivity index is 1.49. The van der Waals surface area contributed by atoms with Crippen LogP contribution in [0.15, 0.2) is 53.7 Å². The van der Waals surface area contributed by atoms with E-state index in [0.717, 1.165) is 17.3 Å². The quantitative estimate of drug-likeness (QED) is 0.392. The lowest BCUT2D eigenvalue weighted by molar-refractivity contribution is -0.118. The summed E-state index contributed by atoms with van der Waals surface area (Å²) in [6, 6.07) is 15.0. The van der Waals surface area contributed by atoms with Crippen molar-refractivity contribution < 1.29 is 19.0 Å². The zero-order valence-corrected chi connectivity index (χ0v) is 17.9. The number of rotatable bonds is 10. The number of ether oxygens (including phenoxy) is 3. The van der Waals surface area contributed by atoms with Gasteiger partial charge >= 0.3 is 0 Å². The van der Waals surface area contributed by atoms with Crippen LogP contribution in [0.3, 0.4) is 0 Å². The summed E-state index contributed by atoms with van der Waals surface area (Å²) < 4.78 is 18.0. The molecule has 0 aliphatic carbocycles. The Bertz CT molecular complexity index is 975. The van der Waals surface area contributed by atoms with Crippen LogP contribution in [0.4, 0.5) is 0 Å². The summed E-state index contributed by atoms with van der Waals surface area (Å²) in [7, 11) is 3.22. The molecule has 0 fully saturated rings.